The van der Waals surface area contributed by atoms with Crippen molar-refractivity contribution in [2.24, 2.45) is 4.99 Å². The van der Waals surface area contributed by atoms with E-state index in [2.05, 4.69) is 4.99 Å². The minimum Gasteiger partial charge on any atom is -0.506 e. The van der Waals surface area contributed by atoms with E-state index in [1.54, 1.807) is 30.3 Å². The highest BCUT2D eigenvalue weighted by atomic mass is 19.1. The van der Waals surface area contributed by atoms with Gasteiger partial charge in [-0.25, -0.2) is 9.38 Å². The molecule has 0 fully saturated rings. The van der Waals surface area contributed by atoms with E-state index in [0.29, 0.717) is 11.1 Å². The maximum Gasteiger partial charge on any atom is 0.200 e. The first kappa shape index (κ1) is 13.7. The number of aliphatic hydroxyl groups is 1. The van der Waals surface area contributed by atoms with E-state index in [4.69, 9.17) is 0 Å². The first-order valence-electron chi connectivity index (χ1n) is 6.44. The molecule has 0 bridgehead atoms. The summed E-state index contributed by atoms with van der Waals surface area (Å²) in [6.07, 6.45) is 0. The Balaban J connectivity index is 2.12. The number of nitriles is 1. The highest BCUT2D eigenvalue weighted by Gasteiger charge is 2.32. The number of hydrogen-bond donors (Lipinski definition) is 1. The summed E-state index contributed by atoms with van der Waals surface area (Å²) in [6.45, 7) is 0. The number of Topliss-reactive ketones (excluding diaryl/α,β-unsaturated/α-hetero) is 1. The van der Waals surface area contributed by atoms with Gasteiger partial charge in [-0.2, -0.15) is 5.26 Å². The molecule has 1 N–H and O–H groups in total. The number of benzene rings is 2. The molecule has 0 aromatic heterocycles. The van der Waals surface area contributed by atoms with Gasteiger partial charge in [0.05, 0.1) is 5.69 Å². The van der Waals surface area contributed by atoms with Crippen molar-refractivity contribution in [2.75, 3.05) is 0 Å². The Kier molecular flexibility index (Phi) is 3.28. The topological polar surface area (TPSA) is 73.4 Å². The number of ketones is 1. The third-order valence-corrected chi connectivity index (χ3v) is 3.28. The number of fused-ring (bicyclic) bond motifs is 1. The fourth-order valence-corrected chi connectivity index (χ4v) is 2.30. The Labute approximate surface area is 125 Å². The quantitative estimate of drug-likeness (QED) is 0.860. The van der Waals surface area contributed by atoms with E-state index in [-0.39, 0.29) is 22.7 Å². The Morgan fingerprint density at radius 1 is 1.14 bits per heavy atom. The fraction of sp³-hybridized carbons (Fsp3) is 0. The van der Waals surface area contributed by atoms with Crippen LogP contribution in [0.1, 0.15) is 15.9 Å². The summed E-state index contributed by atoms with van der Waals surface area (Å²) in [5.74, 6) is -1.25. The molecular weight excluding hydrogens is 283 g/mol. The predicted octanol–water partition coefficient (Wildman–Crippen LogP) is 3.59. The van der Waals surface area contributed by atoms with Crippen LogP contribution in [0.3, 0.4) is 0 Å². The van der Waals surface area contributed by atoms with Crippen LogP contribution in [0.5, 0.6) is 0 Å². The molecule has 5 heteroatoms. The smallest absolute Gasteiger partial charge is 0.200 e. The predicted molar refractivity (Wildman–Crippen MR) is 79.4 cm³/mol. The molecule has 0 radical (unpaired) electrons. The molecule has 4 nitrogen and oxygen atoms in total. The molecule has 0 aliphatic heterocycles. The van der Waals surface area contributed by atoms with Gasteiger partial charge in [0.1, 0.15) is 23.2 Å². The van der Waals surface area contributed by atoms with Gasteiger partial charge in [-0.05, 0) is 18.2 Å². The summed E-state index contributed by atoms with van der Waals surface area (Å²) in [5, 5.41) is 19.5. The van der Waals surface area contributed by atoms with Crippen molar-refractivity contribution in [3.63, 3.8) is 0 Å². The normalized spacial score (nSPS) is 14.0. The van der Waals surface area contributed by atoms with Gasteiger partial charge in [-0.15, -0.1) is 0 Å². The first-order chi connectivity index (χ1) is 10.6. The number of halogens is 1. The lowest BCUT2D eigenvalue weighted by Crippen LogP contribution is -2.08. The summed E-state index contributed by atoms with van der Waals surface area (Å²) < 4.78 is 13.2. The van der Waals surface area contributed by atoms with Gasteiger partial charge in [-0.3, -0.25) is 4.79 Å². The van der Waals surface area contributed by atoms with Gasteiger partial charge in [0.2, 0.25) is 0 Å². The lowest BCUT2D eigenvalue weighted by molar-refractivity contribution is 0.104. The van der Waals surface area contributed by atoms with Crippen LogP contribution in [-0.2, 0) is 0 Å². The van der Waals surface area contributed by atoms with Crippen LogP contribution in [0.15, 0.2) is 59.1 Å². The molecule has 0 atom stereocenters. The minimum atomic E-state index is -0.502. The van der Waals surface area contributed by atoms with Crippen molar-refractivity contribution in [2.45, 2.75) is 0 Å². The van der Waals surface area contributed by atoms with Crippen LogP contribution >= 0.6 is 0 Å². The lowest BCUT2D eigenvalue weighted by atomic mass is 10.1. The van der Waals surface area contributed by atoms with E-state index in [1.807, 2.05) is 0 Å². The number of hydrogen-bond acceptors (Lipinski definition) is 4. The zero-order chi connectivity index (χ0) is 15.7. The van der Waals surface area contributed by atoms with Crippen LogP contribution in [0.2, 0.25) is 0 Å². The number of nitrogens with zero attached hydrogens (tertiary/aromatic N) is 2. The Morgan fingerprint density at radius 2 is 1.86 bits per heavy atom. The molecule has 22 heavy (non-hydrogen) atoms. The van der Waals surface area contributed by atoms with Gasteiger partial charge < -0.3 is 5.11 Å². The highest BCUT2D eigenvalue weighted by molar-refractivity contribution is 6.39. The van der Waals surface area contributed by atoms with E-state index in [0.717, 1.165) is 6.07 Å². The molecule has 3 rings (SSSR count). The summed E-state index contributed by atoms with van der Waals surface area (Å²) >= 11 is 0. The number of rotatable bonds is 2. The third-order valence-electron chi connectivity index (χ3n) is 3.28. The maximum absolute atomic E-state index is 13.2. The van der Waals surface area contributed by atoms with Crippen LogP contribution in [0.25, 0.3) is 5.76 Å². The van der Waals surface area contributed by atoms with Crippen molar-refractivity contribution in [3.8, 4) is 6.07 Å². The molecule has 0 amide bonds. The Hall–Kier alpha value is -3.26. The van der Waals surface area contributed by atoms with Crippen molar-refractivity contribution >= 4 is 22.9 Å². The van der Waals surface area contributed by atoms with Crippen LogP contribution in [-0.4, -0.2) is 16.6 Å². The Morgan fingerprint density at radius 3 is 2.50 bits per heavy atom. The van der Waals surface area contributed by atoms with Crippen molar-refractivity contribution in [3.05, 3.63) is 71.0 Å². The maximum atomic E-state index is 13.2. The number of carbonyl (C=O) groups is 1. The van der Waals surface area contributed by atoms with Crippen molar-refractivity contribution in [1.82, 2.24) is 0 Å². The third kappa shape index (κ3) is 2.17. The van der Waals surface area contributed by atoms with Gasteiger partial charge in [-0.1, -0.05) is 30.3 Å². The van der Waals surface area contributed by atoms with Crippen molar-refractivity contribution in [1.29, 1.82) is 5.26 Å². The molecule has 0 saturated heterocycles. The minimum absolute atomic E-state index is 0.159. The molecular formula is C17H9FN2O2. The number of aliphatic hydroxyl groups excluding tert-OH is 1. The van der Waals surface area contributed by atoms with Crippen LogP contribution < -0.4 is 0 Å². The van der Waals surface area contributed by atoms with Gasteiger partial charge >= 0.3 is 0 Å². The summed E-state index contributed by atoms with van der Waals surface area (Å²) in [6, 6.07) is 13.6. The van der Waals surface area contributed by atoms with E-state index in [9.17, 15) is 19.6 Å². The molecule has 0 spiro atoms. The largest absolute Gasteiger partial charge is 0.506 e. The standard InChI is InChI=1S/C17H9FN2O2/c18-10-4-3-5-11(8-10)20-14(9-19)15-16(21)12-6-1-2-7-13(12)17(15)22/h1-8,21H. The van der Waals surface area contributed by atoms with Gasteiger partial charge in [0, 0.05) is 11.1 Å². The molecule has 106 valence electrons. The molecule has 0 unspecified atom stereocenters. The lowest BCUT2D eigenvalue weighted by Gasteiger charge is -2.00. The van der Waals surface area contributed by atoms with E-state index in [1.165, 1.54) is 18.2 Å². The second kappa shape index (κ2) is 5.26. The average Bonchev–Trinajstić information content (AvgIpc) is 2.77. The number of aliphatic imine (C=N–C) groups is 1. The zero-order valence-electron chi connectivity index (χ0n) is 11.2. The van der Waals surface area contributed by atoms with Crippen LogP contribution in [0, 0.1) is 17.1 Å². The SMILES string of the molecule is N#CC(=Nc1cccc(F)c1)C1=C(O)c2ccccc2C1=O. The monoisotopic (exact) mass is 292 g/mol. The fourth-order valence-electron chi connectivity index (χ4n) is 2.30. The average molecular weight is 292 g/mol. The zero-order valence-corrected chi connectivity index (χ0v) is 11.2. The summed E-state index contributed by atoms with van der Waals surface area (Å²) in [5.41, 5.74) is 0.472. The Bertz CT molecular complexity index is 892. The highest BCUT2D eigenvalue weighted by Crippen LogP contribution is 2.32. The summed E-state index contributed by atoms with van der Waals surface area (Å²) in [7, 11) is 0. The van der Waals surface area contributed by atoms with Crippen LogP contribution in [0.4, 0.5) is 10.1 Å². The molecule has 0 heterocycles. The molecule has 1 aliphatic carbocycles. The van der Waals surface area contributed by atoms with E-state index < -0.39 is 11.6 Å². The molecule has 1 aliphatic rings. The molecule has 0 saturated carbocycles. The second-order valence-corrected chi connectivity index (χ2v) is 4.65. The van der Waals surface area contributed by atoms with Crippen molar-refractivity contribution < 1.29 is 14.3 Å². The molecule has 2 aromatic rings. The van der Waals surface area contributed by atoms with Gasteiger partial charge in [0.25, 0.3) is 0 Å². The first-order valence-corrected chi connectivity index (χ1v) is 6.44. The second-order valence-electron chi connectivity index (χ2n) is 4.65. The molecule has 2 aromatic carbocycles. The number of allylic oxidation sites excluding steroid dienone is 1. The summed E-state index contributed by atoms with van der Waals surface area (Å²) in [4.78, 5) is 16.3. The number of carbonyl (C=O) groups excluding carboxylic acids is 1. The van der Waals surface area contributed by atoms with E-state index >= 15 is 0 Å². The van der Waals surface area contributed by atoms with Gasteiger partial charge in [0.15, 0.2) is 11.5 Å².